The molecule has 0 spiro atoms. The Balaban J connectivity index is 2.12. The Bertz CT molecular complexity index is 493. The molecule has 0 amide bonds. The summed E-state index contributed by atoms with van der Waals surface area (Å²) in [5.41, 5.74) is -0.0346. The smallest absolute Gasteiger partial charge is 0.164 e. The van der Waals surface area contributed by atoms with E-state index in [9.17, 15) is 13.2 Å². The van der Waals surface area contributed by atoms with Gasteiger partial charge in [0.15, 0.2) is 11.6 Å². The van der Waals surface area contributed by atoms with Crippen LogP contribution < -0.4 is 5.32 Å². The van der Waals surface area contributed by atoms with E-state index in [4.69, 9.17) is 9.47 Å². The highest BCUT2D eigenvalue weighted by Gasteiger charge is 2.29. The molecule has 0 saturated carbocycles. The molecule has 6 heteroatoms. The molecule has 0 aromatic heterocycles. The van der Waals surface area contributed by atoms with Crippen LogP contribution in [0, 0.1) is 23.4 Å². The van der Waals surface area contributed by atoms with Crippen LogP contribution in [0.25, 0.3) is 0 Å². The molecule has 3 nitrogen and oxygen atoms in total. The summed E-state index contributed by atoms with van der Waals surface area (Å²) in [7, 11) is 0. The van der Waals surface area contributed by atoms with Crippen LogP contribution in [0.5, 0.6) is 0 Å². The van der Waals surface area contributed by atoms with Gasteiger partial charge in [-0.2, -0.15) is 0 Å². The van der Waals surface area contributed by atoms with Gasteiger partial charge in [0.1, 0.15) is 5.82 Å². The molecule has 1 fully saturated rings. The van der Waals surface area contributed by atoms with E-state index in [1.807, 2.05) is 6.92 Å². The maximum atomic E-state index is 14.1. The first-order valence-electron chi connectivity index (χ1n) is 8.18. The molecule has 130 valence electrons. The van der Waals surface area contributed by atoms with Gasteiger partial charge in [-0.05, 0) is 38.8 Å². The lowest BCUT2D eigenvalue weighted by Crippen LogP contribution is -2.34. The van der Waals surface area contributed by atoms with E-state index in [2.05, 4.69) is 5.32 Å². The molecule has 23 heavy (non-hydrogen) atoms. The molecule has 0 bridgehead atoms. The predicted molar refractivity (Wildman–Crippen MR) is 81.7 cm³/mol. The molecule has 1 N–H and O–H groups in total. The van der Waals surface area contributed by atoms with Crippen LogP contribution in [-0.2, 0) is 9.47 Å². The van der Waals surface area contributed by atoms with Crippen LogP contribution >= 0.6 is 0 Å². The first-order chi connectivity index (χ1) is 11.1. The second-order valence-electron chi connectivity index (χ2n) is 5.74. The van der Waals surface area contributed by atoms with Crippen LogP contribution in [-0.4, -0.2) is 32.9 Å². The van der Waals surface area contributed by atoms with Gasteiger partial charge in [0, 0.05) is 43.9 Å². The largest absolute Gasteiger partial charge is 0.382 e. The standard InChI is InChI=1S/C17H24F3NO2/c1-2-22-7-4-8-23-17(12-5-3-6-21-11-12)14-9-13(18)10-15(19)16(14)20/h9-10,12,17,21H,2-8,11H2,1H3/t12-,17?/m1/s1. The zero-order chi connectivity index (χ0) is 16.7. The van der Waals surface area contributed by atoms with E-state index in [0.29, 0.717) is 38.9 Å². The van der Waals surface area contributed by atoms with Crippen LogP contribution in [0.4, 0.5) is 13.2 Å². The number of halogens is 3. The molecule has 1 aliphatic heterocycles. The van der Waals surface area contributed by atoms with Crippen molar-refractivity contribution in [3.63, 3.8) is 0 Å². The van der Waals surface area contributed by atoms with Crippen molar-refractivity contribution >= 4 is 0 Å². The Morgan fingerprint density at radius 2 is 2.09 bits per heavy atom. The van der Waals surface area contributed by atoms with E-state index < -0.39 is 23.6 Å². The summed E-state index contributed by atoms with van der Waals surface area (Å²) in [6.45, 7) is 4.98. The fourth-order valence-corrected chi connectivity index (χ4v) is 2.92. The quantitative estimate of drug-likeness (QED) is 0.583. The van der Waals surface area contributed by atoms with E-state index in [1.54, 1.807) is 0 Å². The Kier molecular flexibility index (Phi) is 7.33. The fourth-order valence-electron chi connectivity index (χ4n) is 2.92. The molecule has 1 heterocycles. The van der Waals surface area contributed by atoms with Crippen molar-refractivity contribution in [2.24, 2.45) is 5.92 Å². The number of hydrogen-bond acceptors (Lipinski definition) is 3. The van der Waals surface area contributed by atoms with Crippen molar-refractivity contribution in [2.75, 3.05) is 32.9 Å². The molecule has 2 atom stereocenters. The maximum Gasteiger partial charge on any atom is 0.164 e. The Morgan fingerprint density at radius 1 is 1.26 bits per heavy atom. The Morgan fingerprint density at radius 3 is 2.78 bits per heavy atom. The number of piperidine rings is 1. The van der Waals surface area contributed by atoms with Crippen molar-refractivity contribution in [1.29, 1.82) is 0 Å². The molecule has 2 rings (SSSR count). The monoisotopic (exact) mass is 331 g/mol. The molecule has 1 unspecified atom stereocenters. The third-order valence-corrected chi connectivity index (χ3v) is 4.03. The van der Waals surface area contributed by atoms with Crippen LogP contribution in [0.2, 0.25) is 0 Å². The van der Waals surface area contributed by atoms with Crippen molar-refractivity contribution in [1.82, 2.24) is 5.32 Å². The lowest BCUT2D eigenvalue weighted by molar-refractivity contribution is -0.00959. The summed E-state index contributed by atoms with van der Waals surface area (Å²) < 4.78 is 52.3. The summed E-state index contributed by atoms with van der Waals surface area (Å²) in [4.78, 5) is 0. The molecular weight excluding hydrogens is 307 g/mol. The highest BCUT2D eigenvalue weighted by molar-refractivity contribution is 5.23. The van der Waals surface area contributed by atoms with Gasteiger partial charge in [-0.1, -0.05) is 0 Å². The summed E-state index contributed by atoms with van der Waals surface area (Å²) in [6, 6.07) is 1.60. The fraction of sp³-hybridized carbons (Fsp3) is 0.647. The van der Waals surface area contributed by atoms with Gasteiger partial charge in [-0.3, -0.25) is 0 Å². The lowest BCUT2D eigenvalue weighted by atomic mass is 9.89. The van der Waals surface area contributed by atoms with Gasteiger partial charge < -0.3 is 14.8 Å². The third kappa shape index (κ3) is 5.19. The molecule has 1 aromatic rings. The van der Waals surface area contributed by atoms with E-state index in [1.165, 1.54) is 0 Å². The van der Waals surface area contributed by atoms with Crippen molar-refractivity contribution in [3.8, 4) is 0 Å². The number of nitrogens with one attached hydrogen (secondary N) is 1. The van der Waals surface area contributed by atoms with Crippen LogP contribution in [0.3, 0.4) is 0 Å². The summed E-state index contributed by atoms with van der Waals surface area (Å²) in [5.74, 6) is -2.99. The second-order valence-corrected chi connectivity index (χ2v) is 5.74. The summed E-state index contributed by atoms with van der Waals surface area (Å²) in [6.07, 6.45) is 1.77. The SMILES string of the molecule is CCOCCCOC(c1cc(F)cc(F)c1F)[C@@H]1CCCNC1. The van der Waals surface area contributed by atoms with E-state index in [0.717, 1.165) is 25.5 Å². The Hall–Kier alpha value is -1.11. The second kappa shape index (κ2) is 9.25. The number of benzene rings is 1. The van der Waals surface area contributed by atoms with Crippen LogP contribution in [0.1, 0.15) is 37.9 Å². The lowest BCUT2D eigenvalue weighted by Gasteiger charge is -2.31. The highest BCUT2D eigenvalue weighted by atomic mass is 19.2. The first kappa shape index (κ1) is 18.2. The van der Waals surface area contributed by atoms with Gasteiger partial charge in [0.2, 0.25) is 0 Å². The number of ether oxygens (including phenoxy) is 2. The molecular formula is C17H24F3NO2. The zero-order valence-corrected chi connectivity index (χ0v) is 13.4. The Labute approximate surface area is 135 Å². The number of rotatable bonds is 8. The maximum absolute atomic E-state index is 14.1. The third-order valence-electron chi connectivity index (χ3n) is 4.03. The van der Waals surface area contributed by atoms with Gasteiger partial charge in [0.25, 0.3) is 0 Å². The average Bonchev–Trinajstić information content (AvgIpc) is 2.55. The zero-order valence-electron chi connectivity index (χ0n) is 13.4. The van der Waals surface area contributed by atoms with Crippen molar-refractivity contribution in [3.05, 3.63) is 35.1 Å². The molecule has 0 aliphatic carbocycles. The predicted octanol–water partition coefficient (Wildman–Crippen LogP) is 3.59. The van der Waals surface area contributed by atoms with Gasteiger partial charge in [-0.15, -0.1) is 0 Å². The normalized spacial score (nSPS) is 19.7. The van der Waals surface area contributed by atoms with E-state index >= 15 is 0 Å². The van der Waals surface area contributed by atoms with Gasteiger partial charge in [-0.25, -0.2) is 13.2 Å². The minimum absolute atomic E-state index is 0.00783. The van der Waals surface area contributed by atoms with Gasteiger partial charge in [0.05, 0.1) is 6.10 Å². The summed E-state index contributed by atoms with van der Waals surface area (Å²) >= 11 is 0. The van der Waals surface area contributed by atoms with Gasteiger partial charge >= 0.3 is 0 Å². The average molecular weight is 331 g/mol. The van der Waals surface area contributed by atoms with Crippen molar-refractivity contribution < 1.29 is 22.6 Å². The molecule has 1 aliphatic rings. The van der Waals surface area contributed by atoms with Crippen LogP contribution in [0.15, 0.2) is 12.1 Å². The van der Waals surface area contributed by atoms with E-state index in [-0.39, 0.29) is 11.5 Å². The van der Waals surface area contributed by atoms with Crippen molar-refractivity contribution in [2.45, 2.75) is 32.3 Å². The minimum atomic E-state index is -1.17. The summed E-state index contributed by atoms with van der Waals surface area (Å²) in [5, 5.41) is 3.23. The topological polar surface area (TPSA) is 30.5 Å². The minimum Gasteiger partial charge on any atom is -0.382 e. The number of hydrogen-bond donors (Lipinski definition) is 1. The first-order valence-corrected chi connectivity index (χ1v) is 8.18. The molecule has 1 saturated heterocycles. The highest BCUT2D eigenvalue weighted by Crippen LogP contribution is 2.33. The molecule has 1 aromatic carbocycles. The molecule has 0 radical (unpaired) electrons.